The molecule has 0 atom stereocenters. The normalized spacial score (nSPS) is 12.0. The van der Waals surface area contributed by atoms with Crippen LogP contribution in [0.2, 0.25) is 0 Å². The Hall–Kier alpha value is -2.41. The fourth-order valence-corrected chi connectivity index (χ4v) is 3.83. The molecule has 0 fully saturated rings. The zero-order valence-corrected chi connectivity index (χ0v) is 14.4. The Bertz CT molecular complexity index is 1010. The van der Waals surface area contributed by atoms with E-state index in [1.54, 1.807) is 31.5 Å². The Kier molecular flexibility index (Phi) is 4.04. The Morgan fingerprint density at radius 2 is 2.00 bits per heavy atom. The number of rotatable bonds is 4. The number of anilines is 1. The van der Waals surface area contributed by atoms with Gasteiger partial charge in [-0.15, -0.1) is 0 Å². The van der Waals surface area contributed by atoms with Crippen molar-refractivity contribution in [3.8, 4) is 0 Å². The minimum atomic E-state index is -3.82. The standard InChI is InChI=1S/C17H18FN3O2S/c1-11(2)21-10-16(14-5-4-8-19-17(14)21)24(22,23)20-13-6-7-15(18)12(3)9-13/h4-11,20H,1-3H3. The minimum absolute atomic E-state index is 0.0689. The molecule has 0 saturated heterocycles. The van der Waals surface area contributed by atoms with Crippen molar-refractivity contribution in [3.63, 3.8) is 0 Å². The second-order valence-corrected chi connectivity index (χ2v) is 7.59. The van der Waals surface area contributed by atoms with Crippen LogP contribution in [0, 0.1) is 12.7 Å². The highest BCUT2D eigenvalue weighted by atomic mass is 32.2. The summed E-state index contributed by atoms with van der Waals surface area (Å²) in [5.41, 5.74) is 1.31. The van der Waals surface area contributed by atoms with E-state index >= 15 is 0 Å². The smallest absolute Gasteiger partial charge is 0.264 e. The van der Waals surface area contributed by atoms with Crippen LogP contribution >= 0.6 is 0 Å². The number of fused-ring (bicyclic) bond motifs is 1. The van der Waals surface area contributed by atoms with Gasteiger partial charge in [0.05, 0.1) is 0 Å². The molecule has 0 aliphatic heterocycles. The first-order valence-electron chi connectivity index (χ1n) is 7.54. The average Bonchev–Trinajstić information content (AvgIpc) is 2.91. The second kappa shape index (κ2) is 5.90. The molecular formula is C17H18FN3O2S. The van der Waals surface area contributed by atoms with Gasteiger partial charge in [-0.25, -0.2) is 17.8 Å². The summed E-state index contributed by atoms with van der Waals surface area (Å²) >= 11 is 0. The van der Waals surface area contributed by atoms with Gasteiger partial charge in [-0.3, -0.25) is 4.72 Å². The van der Waals surface area contributed by atoms with E-state index in [-0.39, 0.29) is 16.8 Å². The van der Waals surface area contributed by atoms with Crippen LogP contribution in [-0.4, -0.2) is 18.0 Å². The summed E-state index contributed by atoms with van der Waals surface area (Å²) in [5, 5.41) is 0.553. The molecule has 126 valence electrons. The fraction of sp³-hybridized carbons (Fsp3) is 0.235. The number of pyridine rings is 1. The number of halogens is 1. The summed E-state index contributed by atoms with van der Waals surface area (Å²) < 4.78 is 43.3. The first-order chi connectivity index (χ1) is 11.3. The molecule has 3 aromatic rings. The summed E-state index contributed by atoms with van der Waals surface area (Å²) in [6, 6.07) is 7.61. The zero-order chi connectivity index (χ0) is 17.5. The quantitative estimate of drug-likeness (QED) is 0.779. The molecule has 0 saturated carbocycles. The maximum atomic E-state index is 13.4. The molecule has 0 spiro atoms. The lowest BCUT2D eigenvalue weighted by Gasteiger charge is -2.08. The zero-order valence-electron chi connectivity index (χ0n) is 13.6. The van der Waals surface area contributed by atoms with Crippen molar-refractivity contribution in [3.05, 3.63) is 54.1 Å². The van der Waals surface area contributed by atoms with Gasteiger partial charge in [-0.2, -0.15) is 0 Å². The molecule has 2 heterocycles. The third-order valence-electron chi connectivity index (χ3n) is 3.81. The summed E-state index contributed by atoms with van der Waals surface area (Å²) in [6.45, 7) is 5.50. The lowest BCUT2D eigenvalue weighted by atomic mass is 10.2. The Balaban J connectivity index is 2.10. The van der Waals surface area contributed by atoms with Gasteiger partial charge in [-0.1, -0.05) is 0 Å². The molecule has 0 aliphatic rings. The van der Waals surface area contributed by atoms with E-state index in [0.29, 0.717) is 22.3 Å². The van der Waals surface area contributed by atoms with Gasteiger partial charge in [0.25, 0.3) is 10.0 Å². The van der Waals surface area contributed by atoms with Gasteiger partial charge < -0.3 is 4.57 Å². The van der Waals surface area contributed by atoms with Crippen molar-refractivity contribution < 1.29 is 12.8 Å². The maximum Gasteiger partial charge on any atom is 0.264 e. The highest BCUT2D eigenvalue weighted by Gasteiger charge is 2.22. The first kappa shape index (κ1) is 16.4. The number of nitrogens with one attached hydrogen (secondary N) is 1. The first-order valence-corrected chi connectivity index (χ1v) is 9.02. The second-order valence-electron chi connectivity index (χ2n) is 5.94. The molecule has 1 N–H and O–H groups in total. The summed E-state index contributed by atoms with van der Waals surface area (Å²) in [4.78, 5) is 4.44. The van der Waals surface area contributed by atoms with Crippen LogP contribution < -0.4 is 4.72 Å². The highest BCUT2D eigenvalue weighted by Crippen LogP contribution is 2.28. The van der Waals surface area contributed by atoms with Crippen LogP contribution in [0.3, 0.4) is 0 Å². The summed E-state index contributed by atoms with van der Waals surface area (Å²) in [7, 11) is -3.82. The molecular weight excluding hydrogens is 329 g/mol. The van der Waals surface area contributed by atoms with E-state index < -0.39 is 10.0 Å². The SMILES string of the molecule is Cc1cc(NS(=O)(=O)c2cn(C(C)C)c3ncccc23)ccc1F. The van der Waals surface area contributed by atoms with E-state index in [0.717, 1.165) is 0 Å². The van der Waals surface area contributed by atoms with Crippen molar-refractivity contribution in [2.24, 2.45) is 0 Å². The summed E-state index contributed by atoms with van der Waals surface area (Å²) in [5.74, 6) is -0.376. The molecule has 2 aromatic heterocycles. The molecule has 0 bridgehead atoms. The summed E-state index contributed by atoms with van der Waals surface area (Å²) in [6.07, 6.45) is 3.22. The van der Waals surface area contributed by atoms with Gasteiger partial charge in [0.15, 0.2) is 0 Å². The van der Waals surface area contributed by atoms with E-state index in [4.69, 9.17) is 0 Å². The van der Waals surface area contributed by atoms with Crippen LogP contribution in [0.4, 0.5) is 10.1 Å². The fourth-order valence-electron chi connectivity index (χ4n) is 2.58. The molecule has 7 heteroatoms. The van der Waals surface area contributed by atoms with Crippen molar-refractivity contribution in [1.82, 2.24) is 9.55 Å². The predicted octanol–water partition coefficient (Wildman–Crippen LogP) is 3.87. The van der Waals surface area contributed by atoms with Gasteiger partial charge in [0, 0.05) is 29.5 Å². The lowest BCUT2D eigenvalue weighted by molar-refractivity contribution is 0.596. The van der Waals surface area contributed by atoms with Crippen LogP contribution in [0.25, 0.3) is 11.0 Å². The van der Waals surface area contributed by atoms with Crippen molar-refractivity contribution in [1.29, 1.82) is 0 Å². The van der Waals surface area contributed by atoms with Gasteiger partial charge in [0.2, 0.25) is 0 Å². The molecule has 0 unspecified atom stereocenters. The van der Waals surface area contributed by atoms with E-state index in [9.17, 15) is 12.8 Å². The Morgan fingerprint density at radius 1 is 1.25 bits per heavy atom. The average molecular weight is 347 g/mol. The van der Waals surface area contributed by atoms with Crippen LogP contribution in [0.15, 0.2) is 47.6 Å². The van der Waals surface area contributed by atoms with Crippen molar-refractivity contribution >= 4 is 26.7 Å². The maximum absolute atomic E-state index is 13.4. The molecule has 3 rings (SSSR count). The number of nitrogens with zero attached hydrogens (tertiary/aromatic N) is 2. The molecule has 24 heavy (non-hydrogen) atoms. The number of benzene rings is 1. The number of hydrogen-bond donors (Lipinski definition) is 1. The number of sulfonamides is 1. The van der Waals surface area contributed by atoms with Gasteiger partial charge >= 0.3 is 0 Å². The van der Waals surface area contributed by atoms with E-state index in [1.807, 2.05) is 18.4 Å². The van der Waals surface area contributed by atoms with Crippen molar-refractivity contribution in [2.45, 2.75) is 31.7 Å². The molecule has 0 radical (unpaired) electrons. The Labute approximate surface area is 140 Å². The van der Waals surface area contributed by atoms with Crippen LogP contribution in [-0.2, 0) is 10.0 Å². The van der Waals surface area contributed by atoms with E-state index in [2.05, 4.69) is 9.71 Å². The number of aryl methyl sites for hydroxylation is 1. The molecule has 0 aliphatic carbocycles. The monoisotopic (exact) mass is 347 g/mol. The van der Waals surface area contributed by atoms with Crippen LogP contribution in [0.1, 0.15) is 25.5 Å². The third kappa shape index (κ3) is 2.87. The molecule has 1 aromatic carbocycles. The van der Waals surface area contributed by atoms with Gasteiger partial charge in [-0.05, 0) is 56.7 Å². The number of aromatic nitrogens is 2. The lowest BCUT2D eigenvalue weighted by Crippen LogP contribution is -2.13. The third-order valence-corrected chi connectivity index (χ3v) is 5.22. The topological polar surface area (TPSA) is 64.0 Å². The minimum Gasteiger partial charge on any atom is -0.329 e. The van der Waals surface area contributed by atoms with E-state index in [1.165, 1.54) is 18.2 Å². The molecule has 5 nitrogen and oxygen atoms in total. The largest absolute Gasteiger partial charge is 0.329 e. The Morgan fingerprint density at radius 3 is 2.67 bits per heavy atom. The van der Waals surface area contributed by atoms with Gasteiger partial charge in [0.1, 0.15) is 16.4 Å². The van der Waals surface area contributed by atoms with Crippen LogP contribution in [0.5, 0.6) is 0 Å². The number of hydrogen-bond acceptors (Lipinski definition) is 3. The predicted molar refractivity (Wildman–Crippen MR) is 92.1 cm³/mol. The molecule has 0 amide bonds. The highest BCUT2D eigenvalue weighted by molar-refractivity contribution is 7.93. The van der Waals surface area contributed by atoms with Crippen molar-refractivity contribution in [2.75, 3.05) is 4.72 Å².